The quantitative estimate of drug-likeness (QED) is 0.327. The predicted molar refractivity (Wildman–Crippen MR) is 92.4 cm³/mol. The van der Waals surface area contributed by atoms with Crippen LogP contribution in [0, 0.1) is 17.3 Å². The van der Waals surface area contributed by atoms with Crippen molar-refractivity contribution < 1.29 is 0 Å². The van der Waals surface area contributed by atoms with Crippen molar-refractivity contribution >= 4 is 8.58 Å². The van der Waals surface area contributed by atoms with Crippen molar-refractivity contribution in [2.45, 2.75) is 41.5 Å². The van der Waals surface area contributed by atoms with Crippen molar-refractivity contribution in [3.05, 3.63) is 24.4 Å². The molecule has 0 aromatic heterocycles. The average molecular weight is 283 g/mol. The van der Waals surface area contributed by atoms with Crippen molar-refractivity contribution in [3.8, 4) is 0 Å². The van der Waals surface area contributed by atoms with Gasteiger partial charge in [0.25, 0.3) is 0 Å². The van der Waals surface area contributed by atoms with E-state index in [1.54, 1.807) is 0 Å². The molecule has 0 fully saturated rings. The lowest BCUT2D eigenvalue weighted by atomic mass is 9.81. The summed E-state index contributed by atoms with van der Waals surface area (Å²) in [7, 11) is 3.16. The van der Waals surface area contributed by atoms with Gasteiger partial charge >= 0.3 is 0 Å². The van der Waals surface area contributed by atoms with Gasteiger partial charge in [-0.1, -0.05) is 60.3 Å². The lowest BCUT2D eigenvalue weighted by molar-refractivity contribution is 0.397. The first kappa shape index (κ1) is 18.7. The molecule has 0 aliphatic rings. The van der Waals surface area contributed by atoms with Gasteiger partial charge in [-0.15, -0.1) is 8.58 Å². The first-order valence-corrected chi connectivity index (χ1v) is 8.81. The maximum absolute atomic E-state index is 4.27. The Balaban J connectivity index is 4.05. The molecule has 0 rings (SSSR count). The lowest BCUT2D eigenvalue weighted by Gasteiger charge is -2.30. The molecule has 1 atom stereocenters. The Bertz CT molecular complexity index is 302. The Hall–Kier alpha value is -0.290. The first-order valence-electron chi connectivity index (χ1n) is 7.39. The third kappa shape index (κ3) is 6.61. The minimum atomic E-state index is 0.278. The highest BCUT2D eigenvalue weighted by molar-refractivity contribution is 7.38. The van der Waals surface area contributed by atoms with Crippen molar-refractivity contribution in [2.24, 2.45) is 17.3 Å². The van der Waals surface area contributed by atoms with Crippen molar-refractivity contribution in [3.63, 3.8) is 0 Å². The van der Waals surface area contributed by atoms with E-state index in [0.717, 1.165) is 15.1 Å². The molecule has 1 unspecified atom stereocenters. The topological polar surface area (TPSA) is 3.24 Å². The van der Waals surface area contributed by atoms with E-state index in [1.807, 2.05) is 0 Å². The van der Waals surface area contributed by atoms with Crippen molar-refractivity contribution in [1.29, 1.82) is 0 Å². The number of hydrogen-bond donors (Lipinski definition) is 0. The molecule has 0 aromatic rings. The predicted octanol–water partition coefficient (Wildman–Crippen LogP) is 5.00. The van der Waals surface area contributed by atoms with E-state index in [-0.39, 0.29) is 5.41 Å². The van der Waals surface area contributed by atoms with Crippen LogP contribution in [0.2, 0.25) is 0 Å². The van der Waals surface area contributed by atoms with Crippen LogP contribution in [0.5, 0.6) is 0 Å². The molecule has 0 saturated heterocycles. The summed E-state index contributed by atoms with van der Waals surface area (Å²) < 4.78 is 0. The van der Waals surface area contributed by atoms with Gasteiger partial charge in [0, 0.05) is 19.3 Å². The summed E-state index contributed by atoms with van der Waals surface area (Å²) in [6, 6.07) is 0. The third-order valence-corrected chi connectivity index (χ3v) is 5.62. The fourth-order valence-electron chi connectivity index (χ4n) is 2.13. The Kier molecular flexibility index (Phi) is 7.98. The van der Waals surface area contributed by atoms with E-state index in [2.05, 4.69) is 66.6 Å². The van der Waals surface area contributed by atoms with E-state index < -0.39 is 0 Å². The maximum Gasteiger partial charge on any atom is 0.0208 e. The molecular formula is C17H34NP. The van der Waals surface area contributed by atoms with Crippen LogP contribution >= 0.6 is 8.58 Å². The molecule has 0 aliphatic carbocycles. The molecule has 1 nitrogen and oxygen atoms in total. The molecule has 0 aromatic carbocycles. The Morgan fingerprint density at radius 2 is 1.63 bits per heavy atom. The van der Waals surface area contributed by atoms with Crippen LogP contribution < -0.4 is 0 Å². The second-order valence-corrected chi connectivity index (χ2v) is 8.16. The van der Waals surface area contributed by atoms with Crippen molar-refractivity contribution in [1.82, 2.24) is 4.90 Å². The van der Waals surface area contributed by atoms with Crippen LogP contribution in [0.3, 0.4) is 0 Å². The van der Waals surface area contributed by atoms with Gasteiger partial charge in [0.2, 0.25) is 0 Å². The van der Waals surface area contributed by atoms with Crippen LogP contribution in [0.25, 0.3) is 0 Å². The second kappa shape index (κ2) is 8.10. The normalized spacial score (nSPS) is 12.7. The highest BCUT2D eigenvalue weighted by atomic mass is 31.1. The smallest absolute Gasteiger partial charge is 0.0208 e. The summed E-state index contributed by atoms with van der Waals surface area (Å²) in [6.45, 7) is 23.1. The molecule has 0 heterocycles. The van der Waals surface area contributed by atoms with Gasteiger partial charge < -0.3 is 4.90 Å². The summed E-state index contributed by atoms with van der Waals surface area (Å²) >= 11 is 0. The van der Waals surface area contributed by atoms with Crippen LogP contribution in [0.15, 0.2) is 24.4 Å². The van der Waals surface area contributed by atoms with E-state index >= 15 is 0 Å². The summed E-state index contributed by atoms with van der Waals surface area (Å²) in [4.78, 5) is 2.31. The highest BCUT2D eigenvalue weighted by Gasteiger charge is 2.23. The fourth-order valence-corrected chi connectivity index (χ4v) is 3.65. The molecular weight excluding hydrogens is 249 g/mol. The standard InChI is InChI=1S/C17H34NP/c1-13(2)15(5)17(7,8)12-19-11-10-18(9)16(6)14(3)4/h13-14,19H,5-6,10-12H2,1-4,7-9H3. The molecule has 112 valence electrons. The zero-order chi connectivity index (χ0) is 15.2. The molecule has 0 amide bonds. The fraction of sp³-hybridized carbons (Fsp3) is 0.765. The van der Waals surface area contributed by atoms with Gasteiger partial charge in [0.1, 0.15) is 0 Å². The molecule has 19 heavy (non-hydrogen) atoms. The first-order chi connectivity index (χ1) is 8.59. The molecule has 0 saturated carbocycles. The Labute approximate surface area is 123 Å². The summed E-state index contributed by atoms with van der Waals surface area (Å²) in [5.74, 6) is 1.13. The zero-order valence-electron chi connectivity index (χ0n) is 14.1. The van der Waals surface area contributed by atoms with Gasteiger partial charge in [-0.3, -0.25) is 0 Å². The van der Waals surface area contributed by atoms with E-state index in [4.69, 9.17) is 0 Å². The SMILES string of the molecule is C=C(C(C)C)N(C)CCPCC(C)(C)C(=C)C(C)C. The van der Waals surface area contributed by atoms with E-state index in [9.17, 15) is 0 Å². The molecule has 0 bridgehead atoms. The largest absolute Gasteiger partial charge is 0.378 e. The van der Waals surface area contributed by atoms with E-state index in [1.165, 1.54) is 23.6 Å². The van der Waals surface area contributed by atoms with Gasteiger partial charge in [-0.05, 0) is 29.6 Å². The van der Waals surface area contributed by atoms with Gasteiger partial charge in [0.15, 0.2) is 0 Å². The van der Waals surface area contributed by atoms with Crippen molar-refractivity contribution in [2.75, 3.05) is 25.9 Å². The number of allylic oxidation sites excluding steroid dienone is 2. The van der Waals surface area contributed by atoms with Gasteiger partial charge in [0.05, 0.1) is 0 Å². The average Bonchev–Trinajstić information content (AvgIpc) is 2.31. The minimum Gasteiger partial charge on any atom is -0.378 e. The molecule has 0 spiro atoms. The van der Waals surface area contributed by atoms with Gasteiger partial charge in [-0.25, -0.2) is 0 Å². The number of rotatable bonds is 9. The third-order valence-electron chi connectivity index (χ3n) is 3.91. The van der Waals surface area contributed by atoms with Crippen LogP contribution in [-0.2, 0) is 0 Å². The van der Waals surface area contributed by atoms with Crippen LogP contribution in [0.1, 0.15) is 41.5 Å². The van der Waals surface area contributed by atoms with Crippen LogP contribution in [0.4, 0.5) is 0 Å². The molecule has 2 heteroatoms. The Morgan fingerprint density at radius 1 is 1.11 bits per heavy atom. The minimum absolute atomic E-state index is 0.278. The molecule has 0 N–H and O–H groups in total. The summed E-state index contributed by atoms with van der Waals surface area (Å²) in [5, 5.41) is 0. The Morgan fingerprint density at radius 3 is 2.05 bits per heavy atom. The lowest BCUT2D eigenvalue weighted by Crippen LogP contribution is -2.24. The molecule has 0 aliphatic heterocycles. The summed E-state index contributed by atoms with van der Waals surface area (Å²) in [5.41, 5.74) is 2.91. The second-order valence-electron chi connectivity index (χ2n) is 6.81. The van der Waals surface area contributed by atoms with Crippen LogP contribution in [-0.4, -0.2) is 30.8 Å². The maximum atomic E-state index is 4.27. The van der Waals surface area contributed by atoms with E-state index in [0.29, 0.717) is 11.8 Å². The highest BCUT2D eigenvalue weighted by Crippen LogP contribution is 2.35. The monoisotopic (exact) mass is 283 g/mol. The number of hydrogen-bond acceptors (Lipinski definition) is 1. The number of nitrogens with zero attached hydrogens (tertiary/aromatic N) is 1. The summed E-state index contributed by atoms with van der Waals surface area (Å²) in [6.07, 6.45) is 2.52. The molecule has 0 radical (unpaired) electrons. The van der Waals surface area contributed by atoms with Gasteiger partial charge in [-0.2, -0.15) is 0 Å². The zero-order valence-corrected chi connectivity index (χ0v) is 15.1.